The summed E-state index contributed by atoms with van der Waals surface area (Å²) in [7, 11) is 0. The van der Waals surface area contributed by atoms with Crippen molar-refractivity contribution in [3.8, 4) is 11.9 Å². The van der Waals surface area contributed by atoms with E-state index in [2.05, 4.69) is 11.9 Å². The van der Waals surface area contributed by atoms with Gasteiger partial charge in [0.25, 0.3) is 0 Å². The fourth-order valence-electron chi connectivity index (χ4n) is 6.33. The fourth-order valence-corrected chi connectivity index (χ4v) is 6.33. The Balaban J connectivity index is 1.16. The lowest BCUT2D eigenvalue weighted by Crippen LogP contribution is -2.60. The second-order valence-corrected chi connectivity index (χ2v) is 9.57. The van der Waals surface area contributed by atoms with E-state index in [0.29, 0.717) is 54.6 Å². The Hall–Kier alpha value is -2.13. The van der Waals surface area contributed by atoms with E-state index in [1.54, 1.807) is 12.1 Å². The molecule has 4 bridgehead atoms. The molecule has 1 N–H and O–H groups in total. The summed E-state index contributed by atoms with van der Waals surface area (Å²) in [5.74, 6) is 2.84. The lowest BCUT2D eigenvalue weighted by molar-refractivity contribution is -0.173. The lowest BCUT2D eigenvalue weighted by Gasteiger charge is -2.62. The van der Waals surface area contributed by atoms with Crippen LogP contribution in [0.15, 0.2) is 18.3 Å². The molecule has 6 rings (SSSR count). The zero-order valence-corrected chi connectivity index (χ0v) is 16.3. The molecule has 1 aromatic heterocycles. The molecular formula is C22H27N3O3. The first-order valence-corrected chi connectivity index (χ1v) is 10.4. The molecule has 5 fully saturated rings. The molecule has 1 saturated heterocycles. The third-order valence-electron chi connectivity index (χ3n) is 8.07. The Kier molecular flexibility index (Phi) is 4.13. The molecule has 2 heterocycles. The summed E-state index contributed by atoms with van der Waals surface area (Å²) in [6, 6.07) is 5.43. The Bertz CT molecular complexity index is 779. The largest absolute Gasteiger partial charge is 0.471 e. The molecule has 0 unspecified atom stereocenters. The molecule has 1 aromatic rings. The van der Waals surface area contributed by atoms with Gasteiger partial charge in [0, 0.05) is 18.7 Å². The van der Waals surface area contributed by atoms with Gasteiger partial charge in [-0.25, -0.2) is 4.98 Å². The fraction of sp³-hybridized carbons (Fsp3) is 0.682. The van der Waals surface area contributed by atoms with Crippen LogP contribution in [0.1, 0.15) is 44.6 Å². The van der Waals surface area contributed by atoms with Gasteiger partial charge < -0.3 is 14.7 Å². The predicted octanol–water partition coefficient (Wildman–Crippen LogP) is 2.37. The number of likely N-dealkylation sites (tertiary alicyclic amines) is 1. The molecule has 28 heavy (non-hydrogen) atoms. The van der Waals surface area contributed by atoms with Gasteiger partial charge in [0.2, 0.25) is 11.8 Å². The molecule has 0 spiro atoms. The van der Waals surface area contributed by atoms with E-state index in [0.717, 1.165) is 25.7 Å². The van der Waals surface area contributed by atoms with E-state index in [9.17, 15) is 9.90 Å². The second-order valence-electron chi connectivity index (χ2n) is 9.57. The van der Waals surface area contributed by atoms with E-state index in [4.69, 9.17) is 10.00 Å². The van der Waals surface area contributed by atoms with Crippen LogP contribution in [0.5, 0.6) is 5.88 Å². The van der Waals surface area contributed by atoms with Gasteiger partial charge in [-0.3, -0.25) is 4.79 Å². The predicted molar refractivity (Wildman–Crippen MR) is 101 cm³/mol. The average molecular weight is 381 g/mol. The number of hydrogen-bond acceptors (Lipinski definition) is 5. The maximum atomic E-state index is 12.9. The lowest BCUT2D eigenvalue weighted by atomic mass is 9.44. The van der Waals surface area contributed by atoms with Gasteiger partial charge in [0.05, 0.1) is 24.8 Å². The Morgan fingerprint density at radius 2 is 1.93 bits per heavy atom. The van der Waals surface area contributed by atoms with Crippen LogP contribution >= 0.6 is 0 Å². The summed E-state index contributed by atoms with van der Waals surface area (Å²) in [4.78, 5) is 19.0. The monoisotopic (exact) mass is 381 g/mol. The topological polar surface area (TPSA) is 86.5 Å². The molecule has 0 radical (unpaired) electrons. The second kappa shape index (κ2) is 6.45. The standard InChI is InChI=1S/C22H27N3O3/c1-22(16-4-14-5-17(22)7-15(6-16)21(14)27)8-20(26)25-11-18(12-25)28-19-3-2-13(9-23)10-24-19/h2-3,10,14-18,21,27H,4-8,11-12H2,1H3. The van der Waals surface area contributed by atoms with Crippen molar-refractivity contribution in [2.24, 2.45) is 29.1 Å². The Morgan fingerprint density at radius 1 is 1.29 bits per heavy atom. The number of ether oxygens (including phenoxy) is 1. The highest BCUT2D eigenvalue weighted by atomic mass is 16.5. The summed E-state index contributed by atoms with van der Waals surface area (Å²) < 4.78 is 5.81. The summed E-state index contributed by atoms with van der Waals surface area (Å²) in [6.07, 6.45) is 6.37. The van der Waals surface area contributed by atoms with E-state index in [1.165, 1.54) is 6.20 Å². The van der Waals surface area contributed by atoms with Crippen LogP contribution in [-0.2, 0) is 4.79 Å². The van der Waals surface area contributed by atoms with Crippen molar-refractivity contribution in [2.75, 3.05) is 13.1 Å². The van der Waals surface area contributed by atoms with Gasteiger partial charge >= 0.3 is 0 Å². The van der Waals surface area contributed by atoms with Crippen molar-refractivity contribution in [1.29, 1.82) is 5.26 Å². The van der Waals surface area contributed by atoms with Crippen LogP contribution in [-0.4, -0.2) is 46.2 Å². The van der Waals surface area contributed by atoms with Crippen LogP contribution in [0.2, 0.25) is 0 Å². The quantitative estimate of drug-likeness (QED) is 0.865. The van der Waals surface area contributed by atoms with Crippen molar-refractivity contribution in [3.63, 3.8) is 0 Å². The average Bonchev–Trinajstić information content (AvgIpc) is 2.63. The molecule has 4 aliphatic carbocycles. The van der Waals surface area contributed by atoms with Crippen LogP contribution in [0.25, 0.3) is 0 Å². The minimum Gasteiger partial charge on any atom is -0.471 e. The van der Waals surface area contributed by atoms with Crippen molar-refractivity contribution in [3.05, 3.63) is 23.9 Å². The number of nitrogens with zero attached hydrogens (tertiary/aromatic N) is 3. The van der Waals surface area contributed by atoms with Crippen molar-refractivity contribution >= 4 is 5.91 Å². The van der Waals surface area contributed by atoms with Gasteiger partial charge in [-0.05, 0) is 60.8 Å². The van der Waals surface area contributed by atoms with Crippen molar-refractivity contribution in [2.45, 2.75) is 51.2 Å². The zero-order chi connectivity index (χ0) is 19.5. The number of aliphatic hydroxyl groups excluding tert-OH is 1. The van der Waals surface area contributed by atoms with Gasteiger partial charge in [0.1, 0.15) is 12.2 Å². The normalized spacial score (nSPS) is 38.8. The van der Waals surface area contributed by atoms with Crippen LogP contribution in [0.3, 0.4) is 0 Å². The molecule has 6 nitrogen and oxygen atoms in total. The van der Waals surface area contributed by atoms with Gasteiger partial charge in [0.15, 0.2) is 0 Å². The zero-order valence-electron chi connectivity index (χ0n) is 16.3. The third kappa shape index (κ3) is 2.79. The molecule has 4 saturated carbocycles. The SMILES string of the molecule is CC1(CC(=O)N2CC(Oc3ccc(C#N)cn3)C2)C2CC3CC1CC(C2)C3O. The van der Waals surface area contributed by atoms with E-state index in [-0.39, 0.29) is 23.5 Å². The molecule has 5 aliphatic rings. The number of pyridine rings is 1. The van der Waals surface area contributed by atoms with Crippen LogP contribution in [0.4, 0.5) is 0 Å². The molecule has 0 atom stereocenters. The number of rotatable bonds is 4. The number of aromatic nitrogens is 1. The highest BCUT2D eigenvalue weighted by Crippen LogP contribution is 2.63. The number of hydrogen-bond donors (Lipinski definition) is 1. The van der Waals surface area contributed by atoms with E-state index in [1.807, 2.05) is 11.0 Å². The molecule has 1 aliphatic heterocycles. The third-order valence-corrected chi connectivity index (χ3v) is 8.07. The first kappa shape index (κ1) is 17.9. The maximum absolute atomic E-state index is 12.9. The van der Waals surface area contributed by atoms with Crippen molar-refractivity contribution < 1.29 is 14.6 Å². The number of nitriles is 1. The summed E-state index contributed by atoms with van der Waals surface area (Å²) >= 11 is 0. The maximum Gasteiger partial charge on any atom is 0.223 e. The number of carbonyl (C=O) groups excluding carboxylic acids is 1. The van der Waals surface area contributed by atoms with Crippen molar-refractivity contribution in [1.82, 2.24) is 9.88 Å². The number of carbonyl (C=O) groups is 1. The minimum atomic E-state index is -0.100. The van der Waals surface area contributed by atoms with E-state index >= 15 is 0 Å². The Morgan fingerprint density at radius 3 is 2.46 bits per heavy atom. The smallest absolute Gasteiger partial charge is 0.223 e. The molecular weight excluding hydrogens is 354 g/mol. The molecule has 0 aromatic carbocycles. The summed E-state index contributed by atoms with van der Waals surface area (Å²) in [5.41, 5.74) is 0.597. The first-order valence-electron chi connectivity index (χ1n) is 10.4. The first-order chi connectivity index (χ1) is 13.5. The van der Waals surface area contributed by atoms with E-state index < -0.39 is 0 Å². The van der Waals surface area contributed by atoms with Gasteiger partial charge in [-0.2, -0.15) is 5.26 Å². The van der Waals surface area contributed by atoms with Gasteiger partial charge in [-0.1, -0.05) is 6.92 Å². The number of aliphatic hydroxyl groups is 1. The highest BCUT2D eigenvalue weighted by Gasteiger charge is 2.58. The number of amides is 1. The van der Waals surface area contributed by atoms with Gasteiger partial charge in [-0.15, -0.1) is 0 Å². The molecule has 1 amide bonds. The summed E-state index contributed by atoms with van der Waals surface area (Å²) in [6.45, 7) is 3.53. The molecule has 148 valence electrons. The summed E-state index contributed by atoms with van der Waals surface area (Å²) in [5, 5.41) is 19.2. The van der Waals surface area contributed by atoms with Crippen LogP contribution < -0.4 is 4.74 Å². The van der Waals surface area contributed by atoms with Crippen LogP contribution in [0, 0.1) is 40.4 Å². The molecule has 6 heteroatoms. The highest BCUT2D eigenvalue weighted by molar-refractivity contribution is 5.78. The Labute approximate surface area is 165 Å². The minimum absolute atomic E-state index is 0.0224.